The smallest absolute Gasteiger partial charge is 0.337 e. The summed E-state index contributed by atoms with van der Waals surface area (Å²) >= 11 is 5.73. The van der Waals surface area contributed by atoms with Crippen LogP contribution < -0.4 is 10.6 Å². The Morgan fingerprint density at radius 3 is 2.68 bits per heavy atom. The van der Waals surface area contributed by atoms with Crippen LogP contribution in [0.25, 0.3) is 0 Å². The number of carbonyl (C=O) groups excluding carboxylic acids is 1. The van der Waals surface area contributed by atoms with Gasteiger partial charge in [0.1, 0.15) is 0 Å². The fourth-order valence-electron chi connectivity index (χ4n) is 1.41. The molecule has 0 heterocycles. The van der Waals surface area contributed by atoms with E-state index in [9.17, 15) is 9.59 Å². The minimum atomic E-state index is -1.13. The van der Waals surface area contributed by atoms with Crippen LogP contribution in [0, 0.1) is 0 Å². The maximum atomic E-state index is 11.7. The van der Waals surface area contributed by atoms with Crippen molar-refractivity contribution in [2.45, 2.75) is 26.3 Å². The number of hydrogen-bond donors (Lipinski definition) is 3. The number of nitrogens with one attached hydrogen (secondary N) is 2. The predicted molar refractivity (Wildman–Crippen MR) is 74.8 cm³/mol. The van der Waals surface area contributed by atoms with Crippen LogP contribution in [0.1, 0.15) is 30.6 Å². The molecular formula is C13H17ClN2O3. The molecule has 0 bridgehead atoms. The summed E-state index contributed by atoms with van der Waals surface area (Å²) in [4.78, 5) is 22.7. The average molecular weight is 285 g/mol. The van der Waals surface area contributed by atoms with Crippen LogP contribution in [0.2, 0.25) is 5.02 Å². The average Bonchev–Trinajstić information content (AvgIpc) is 2.37. The highest BCUT2D eigenvalue weighted by molar-refractivity contribution is 6.31. The van der Waals surface area contributed by atoms with Gasteiger partial charge >= 0.3 is 5.97 Å². The van der Waals surface area contributed by atoms with Crippen LogP contribution in [-0.4, -0.2) is 29.6 Å². The summed E-state index contributed by atoms with van der Waals surface area (Å²) in [5, 5.41) is 14.9. The van der Waals surface area contributed by atoms with Crippen LogP contribution in [-0.2, 0) is 4.79 Å². The zero-order valence-electron chi connectivity index (χ0n) is 10.9. The monoisotopic (exact) mass is 284 g/mol. The molecule has 0 radical (unpaired) electrons. The highest BCUT2D eigenvalue weighted by Gasteiger charge is 2.13. The highest BCUT2D eigenvalue weighted by Crippen LogP contribution is 2.20. The Morgan fingerprint density at radius 2 is 2.11 bits per heavy atom. The summed E-state index contributed by atoms with van der Waals surface area (Å²) in [5.41, 5.74) is 0.220. The fourth-order valence-corrected chi connectivity index (χ4v) is 1.58. The summed E-state index contributed by atoms with van der Waals surface area (Å²) in [5.74, 6) is -1.42. The Morgan fingerprint density at radius 1 is 1.42 bits per heavy atom. The number of carboxylic acids is 1. The molecule has 1 aromatic rings. The second kappa shape index (κ2) is 7.11. The molecule has 0 aromatic heterocycles. The van der Waals surface area contributed by atoms with Crippen molar-refractivity contribution in [3.8, 4) is 0 Å². The van der Waals surface area contributed by atoms with Crippen molar-refractivity contribution in [3.63, 3.8) is 0 Å². The van der Waals surface area contributed by atoms with Crippen LogP contribution >= 0.6 is 11.6 Å². The number of rotatable bonds is 6. The standard InChI is InChI=1S/C13H17ClN2O3/c1-3-8(2)15-7-12(17)16-11-5-4-9(14)6-10(11)13(18)19/h4-6,8,15H,3,7H2,1-2H3,(H,16,17)(H,18,19). The van der Waals surface area contributed by atoms with E-state index in [0.717, 1.165) is 6.42 Å². The Balaban J connectivity index is 2.71. The van der Waals surface area contributed by atoms with Gasteiger partial charge in [-0.15, -0.1) is 0 Å². The first-order valence-corrected chi connectivity index (χ1v) is 6.38. The first-order chi connectivity index (χ1) is 8.93. The lowest BCUT2D eigenvalue weighted by atomic mass is 10.2. The molecule has 1 aromatic carbocycles. The molecule has 0 spiro atoms. The zero-order valence-corrected chi connectivity index (χ0v) is 11.6. The van der Waals surface area contributed by atoms with Gasteiger partial charge in [-0.2, -0.15) is 0 Å². The second-order valence-electron chi connectivity index (χ2n) is 4.23. The van der Waals surface area contributed by atoms with Gasteiger partial charge in [0.2, 0.25) is 5.91 Å². The van der Waals surface area contributed by atoms with Gasteiger partial charge < -0.3 is 15.7 Å². The molecule has 0 aliphatic rings. The first-order valence-electron chi connectivity index (χ1n) is 6.00. The Bertz CT molecular complexity index is 477. The molecule has 5 nitrogen and oxygen atoms in total. The van der Waals surface area contributed by atoms with Crippen molar-refractivity contribution in [1.82, 2.24) is 5.32 Å². The molecular weight excluding hydrogens is 268 g/mol. The topological polar surface area (TPSA) is 78.4 Å². The second-order valence-corrected chi connectivity index (χ2v) is 4.67. The molecule has 0 aliphatic carbocycles. The summed E-state index contributed by atoms with van der Waals surface area (Å²) in [6, 6.07) is 4.55. The molecule has 19 heavy (non-hydrogen) atoms. The molecule has 0 fully saturated rings. The van der Waals surface area contributed by atoms with Crippen LogP contribution in [0.4, 0.5) is 5.69 Å². The molecule has 0 saturated heterocycles. The summed E-state index contributed by atoms with van der Waals surface area (Å²) in [6.07, 6.45) is 0.911. The molecule has 6 heteroatoms. The predicted octanol–water partition coefficient (Wildman–Crippen LogP) is 2.36. The minimum Gasteiger partial charge on any atom is -0.478 e. The van der Waals surface area contributed by atoms with Crippen molar-refractivity contribution >= 4 is 29.2 Å². The van der Waals surface area contributed by atoms with E-state index in [-0.39, 0.29) is 29.7 Å². The molecule has 1 rings (SSSR count). The van der Waals surface area contributed by atoms with Gasteiger partial charge in [-0.05, 0) is 31.5 Å². The quantitative estimate of drug-likeness (QED) is 0.749. The lowest BCUT2D eigenvalue weighted by Gasteiger charge is -2.12. The molecule has 3 N–H and O–H groups in total. The number of benzene rings is 1. The van der Waals surface area contributed by atoms with Crippen molar-refractivity contribution in [1.29, 1.82) is 0 Å². The zero-order chi connectivity index (χ0) is 14.4. The number of hydrogen-bond acceptors (Lipinski definition) is 3. The lowest BCUT2D eigenvalue weighted by Crippen LogP contribution is -2.34. The number of amides is 1. The molecule has 1 amide bonds. The number of aromatic carboxylic acids is 1. The highest BCUT2D eigenvalue weighted by atomic mass is 35.5. The van der Waals surface area contributed by atoms with Gasteiger partial charge in [-0.3, -0.25) is 4.79 Å². The minimum absolute atomic E-state index is 0.0237. The Hall–Kier alpha value is -1.59. The van der Waals surface area contributed by atoms with E-state index in [0.29, 0.717) is 5.02 Å². The van der Waals surface area contributed by atoms with Gasteiger partial charge in [0, 0.05) is 11.1 Å². The third kappa shape index (κ3) is 4.89. The Kier molecular flexibility index (Phi) is 5.79. The molecule has 1 unspecified atom stereocenters. The number of carboxylic acid groups (broad SMARTS) is 1. The van der Waals surface area contributed by atoms with Gasteiger partial charge in [0.25, 0.3) is 0 Å². The Labute approximate surface area is 117 Å². The van der Waals surface area contributed by atoms with E-state index in [1.165, 1.54) is 18.2 Å². The van der Waals surface area contributed by atoms with Crippen molar-refractivity contribution in [3.05, 3.63) is 28.8 Å². The maximum absolute atomic E-state index is 11.7. The SMILES string of the molecule is CCC(C)NCC(=O)Nc1ccc(Cl)cc1C(=O)O. The first kappa shape index (κ1) is 15.5. The van der Waals surface area contributed by atoms with Gasteiger partial charge in [0.15, 0.2) is 0 Å². The third-order valence-corrected chi connectivity index (χ3v) is 2.94. The van der Waals surface area contributed by atoms with E-state index in [4.69, 9.17) is 16.7 Å². The molecule has 1 atom stereocenters. The lowest BCUT2D eigenvalue weighted by molar-refractivity contribution is -0.115. The van der Waals surface area contributed by atoms with E-state index in [1.807, 2.05) is 13.8 Å². The number of anilines is 1. The van der Waals surface area contributed by atoms with Crippen LogP contribution in [0.3, 0.4) is 0 Å². The van der Waals surface area contributed by atoms with E-state index in [2.05, 4.69) is 10.6 Å². The number of halogens is 1. The molecule has 0 saturated carbocycles. The van der Waals surface area contributed by atoms with E-state index in [1.54, 1.807) is 0 Å². The normalized spacial score (nSPS) is 11.9. The van der Waals surface area contributed by atoms with E-state index >= 15 is 0 Å². The van der Waals surface area contributed by atoms with Gasteiger partial charge in [0.05, 0.1) is 17.8 Å². The van der Waals surface area contributed by atoms with Crippen LogP contribution in [0.5, 0.6) is 0 Å². The molecule has 0 aliphatic heterocycles. The van der Waals surface area contributed by atoms with Gasteiger partial charge in [-0.25, -0.2) is 4.79 Å². The fraction of sp³-hybridized carbons (Fsp3) is 0.385. The summed E-state index contributed by atoms with van der Waals surface area (Å²) in [7, 11) is 0. The third-order valence-electron chi connectivity index (χ3n) is 2.71. The van der Waals surface area contributed by atoms with Crippen molar-refractivity contribution in [2.24, 2.45) is 0 Å². The van der Waals surface area contributed by atoms with Crippen molar-refractivity contribution < 1.29 is 14.7 Å². The van der Waals surface area contributed by atoms with E-state index < -0.39 is 5.97 Å². The van der Waals surface area contributed by atoms with Crippen LogP contribution in [0.15, 0.2) is 18.2 Å². The maximum Gasteiger partial charge on any atom is 0.337 e. The largest absolute Gasteiger partial charge is 0.478 e. The summed E-state index contributed by atoms with van der Waals surface area (Å²) < 4.78 is 0. The molecule has 104 valence electrons. The number of carbonyl (C=O) groups is 2. The van der Waals surface area contributed by atoms with Crippen molar-refractivity contribution in [2.75, 3.05) is 11.9 Å². The van der Waals surface area contributed by atoms with Gasteiger partial charge in [-0.1, -0.05) is 18.5 Å². The summed E-state index contributed by atoms with van der Waals surface area (Å²) in [6.45, 7) is 4.12.